The standard InChI is InChI=1S/C49H29N3O/c1-2-12-32(13-3-1)42-29-43(35-24-25-39-38-16-8-9-17-44(38)53-45(39)28-35)51-49(50-42)34-20-18-33(19-21-34)46-40-26-22-30-10-4-6-14-36(30)47(40)52-48-37-15-7-5-11-31(37)23-27-41(46)48/h1-29H. The summed E-state index contributed by atoms with van der Waals surface area (Å²) in [6, 6.07) is 61.4. The number of pyridine rings is 1. The predicted octanol–water partition coefficient (Wildman–Crippen LogP) is 13.1. The number of rotatable bonds is 4. The molecule has 0 radical (unpaired) electrons. The molecule has 0 atom stereocenters. The predicted molar refractivity (Wildman–Crippen MR) is 219 cm³/mol. The molecular formula is C49H29N3O. The number of furan rings is 1. The van der Waals surface area contributed by atoms with Crippen molar-refractivity contribution in [1.82, 2.24) is 15.0 Å². The second-order valence-corrected chi connectivity index (χ2v) is 13.6. The van der Waals surface area contributed by atoms with Gasteiger partial charge in [0.15, 0.2) is 5.82 Å². The third-order valence-electron chi connectivity index (χ3n) is 10.5. The number of para-hydroxylation sites is 1. The Bertz CT molecular complexity index is 3130. The van der Waals surface area contributed by atoms with Crippen LogP contribution in [0, 0.1) is 0 Å². The largest absolute Gasteiger partial charge is 0.456 e. The van der Waals surface area contributed by atoms with Gasteiger partial charge >= 0.3 is 0 Å². The molecule has 0 saturated carbocycles. The van der Waals surface area contributed by atoms with E-state index in [1.807, 2.05) is 36.4 Å². The highest BCUT2D eigenvalue weighted by molar-refractivity contribution is 6.21. The van der Waals surface area contributed by atoms with E-state index >= 15 is 0 Å². The number of fused-ring (bicyclic) bond motifs is 9. The highest BCUT2D eigenvalue weighted by Crippen LogP contribution is 2.41. The van der Waals surface area contributed by atoms with Gasteiger partial charge in [0.25, 0.3) is 0 Å². The Labute approximate surface area is 304 Å². The molecule has 0 aliphatic rings. The molecule has 4 nitrogen and oxygen atoms in total. The van der Waals surface area contributed by atoms with E-state index in [0.717, 1.165) is 88.2 Å². The minimum Gasteiger partial charge on any atom is -0.456 e. The van der Waals surface area contributed by atoms with Crippen molar-refractivity contribution in [2.75, 3.05) is 0 Å². The van der Waals surface area contributed by atoms with Crippen LogP contribution >= 0.6 is 0 Å². The topological polar surface area (TPSA) is 51.8 Å². The molecule has 0 bridgehead atoms. The van der Waals surface area contributed by atoms with Gasteiger partial charge in [-0.15, -0.1) is 0 Å². The fourth-order valence-electron chi connectivity index (χ4n) is 7.87. The van der Waals surface area contributed by atoms with E-state index in [1.54, 1.807) is 0 Å². The van der Waals surface area contributed by atoms with E-state index in [9.17, 15) is 0 Å². The fourth-order valence-corrected chi connectivity index (χ4v) is 7.87. The van der Waals surface area contributed by atoms with Crippen molar-refractivity contribution >= 4 is 65.3 Å². The fraction of sp³-hybridized carbons (Fsp3) is 0. The molecule has 0 spiro atoms. The molecule has 3 heterocycles. The maximum absolute atomic E-state index is 6.26. The van der Waals surface area contributed by atoms with E-state index in [1.165, 1.54) is 16.3 Å². The molecule has 0 fully saturated rings. The van der Waals surface area contributed by atoms with Crippen molar-refractivity contribution in [3.63, 3.8) is 0 Å². The Hall–Kier alpha value is -7.17. The summed E-state index contributed by atoms with van der Waals surface area (Å²) in [7, 11) is 0. The number of hydrogen-bond acceptors (Lipinski definition) is 4. The van der Waals surface area contributed by atoms with Crippen molar-refractivity contribution in [3.05, 3.63) is 176 Å². The van der Waals surface area contributed by atoms with Gasteiger partial charge in [-0.3, -0.25) is 0 Å². The zero-order chi connectivity index (χ0) is 34.9. The van der Waals surface area contributed by atoms with Gasteiger partial charge in [0, 0.05) is 54.6 Å². The molecule has 0 saturated heterocycles. The average molecular weight is 676 g/mol. The van der Waals surface area contributed by atoms with Crippen molar-refractivity contribution in [2.45, 2.75) is 0 Å². The van der Waals surface area contributed by atoms with E-state index in [0.29, 0.717) is 5.82 Å². The van der Waals surface area contributed by atoms with Gasteiger partial charge in [-0.05, 0) is 40.6 Å². The first kappa shape index (κ1) is 29.5. The van der Waals surface area contributed by atoms with Crippen LogP contribution in [0.25, 0.3) is 110 Å². The summed E-state index contributed by atoms with van der Waals surface area (Å²) in [6.45, 7) is 0. The van der Waals surface area contributed by atoms with Gasteiger partial charge < -0.3 is 4.42 Å². The summed E-state index contributed by atoms with van der Waals surface area (Å²) in [5.74, 6) is 0.666. The Morgan fingerprint density at radius 3 is 1.55 bits per heavy atom. The highest BCUT2D eigenvalue weighted by atomic mass is 16.3. The Morgan fingerprint density at radius 2 is 0.849 bits per heavy atom. The van der Waals surface area contributed by atoms with Crippen LogP contribution in [0.4, 0.5) is 0 Å². The molecule has 4 heteroatoms. The number of hydrogen-bond donors (Lipinski definition) is 0. The maximum Gasteiger partial charge on any atom is 0.160 e. The van der Waals surface area contributed by atoms with Gasteiger partial charge in [-0.1, -0.05) is 152 Å². The van der Waals surface area contributed by atoms with Crippen LogP contribution in [0.3, 0.4) is 0 Å². The lowest BCUT2D eigenvalue weighted by atomic mass is 9.92. The minimum absolute atomic E-state index is 0.666. The summed E-state index contributed by atoms with van der Waals surface area (Å²) >= 11 is 0. The smallest absolute Gasteiger partial charge is 0.160 e. The molecule has 11 rings (SSSR count). The minimum atomic E-state index is 0.666. The van der Waals surface area contributed by atoms with Crippen molar-refractivity contribution in [2.24, 2.45) is 0 Å². The zero-order valence-corrected chi connectivity index (χ0v) is 28.5. The molecule has 8 aromatic carbocycles. The van der Waals surface area contributed by atoms with E-state index in [2.05, 4.69) is 140 Å². The van der Waals surface area contributed by atoms with Gasteiger partial charge in [0.2, 0.25) is 0 Å². The molecule has 53 heavy (non-hydrogen) atoms. The molecule has 246 valence electrons. The third-order valence-corrected chi connectivity index (χ3v) is 10.5. The van der Waals surface area contributed by atoms with E-state index < -0.39 is 0 Å². The van der Waals surface area contributed by atoms with Crippen LogP contribution in [0.15, 0.2) is 180 Å². The average Bonchev–Trinajstić information content (AvgIpc) is 3.61. The second kappa shape index (κ2) is 11.7. The first-order valence-electron chi connectivity index (χ1n) is 17.9. The van der Waals surface area contributed by atoms with Crippen LogP contribution < -0.4 is 0 Å². The number of nitrogens with zero attached hydrogens (tertiary/aromatic N) is 3. The van der Waals surface area contributed by atoms with Crippen LogP contribution in [0.1, 0.15) is 0 Å². The molecule has 0 aliphatic heterocycles. The molecule has 0 N–H and O–H groups in total. The summed E-state index contributed by atoms with van der Waals surface area (Å²) in [5, 5.41) is 9.12. The van der Waals surface area contributed by atoms with Gasteiger partial charge in [-0.25, -0.2) is 15.0 Å². The van der Waals surface area contributed by atoms with E-state index in [4.69, 9.17) is 19.4 Å². The number of benzene rings is 8. The summed E-state index contributed by atoms with van der Waals surface area (Å²) in [4.78, 5) is 15.7. The Kier molecular flexibility index (Phi) is 6.52. The van der Waals surface area contributed by atoms with Crippen LogP contribution in [-0.2, 0) is 0 Å². The van der Waals surface area contributed by atoms with E-state index in [-0.39, 0.29) is 0 Å². The Balaban J connectivity index is 1.09. The first-order chi connectivity index (χ1) is 26.2. The van der Waals surface area contributed by atoms with Crippen LogP contribution in [0.5, 0.6) is 0 Å². The maximum atomic E-state index is 6.26. The van der Waals surface area contributed by atoms with Crippen molar-refractivity contribution in [1.29, 1.82) is 0 Å². The summed E-state index contributed by atoms with van der Waals surface area (Å²) in [6.07, 6.45) is 0. The lowest BCUT2D eigenvalue weighted by Gasteiger charge is -2.15. The van der Waals surface area contributed by atoms with Crippen molar-refractivity contribution in [3.8, 4) is 45.0 Å². The van der Waals surface area contributed by atoms with Gasteiger partial charge in [-0.2, -0.15) is 0 Å². The quantitative estimate of drug-likeness (QED) is 0.138. The second-order valence-electron chi connectivity index (χ2n) is 13.6. The van der Waals surface area contributed by atoms with Crippen LogP contribution in [0.2, 0.25) is 0 Å². The van der Waals surface area contributed by atoms with Crippen molar-refractivity contribution < 1.29 is 4.42 Å². The molecule has 0 aliphatic carbocycles. The van der Waals surface area contributed by atoms with Gasteiger partial charge in [0.05, 0.1) is 22.4 Å². The lowest BCUT2D eigenvalue weighted by molar-refractivity contribution is 0.669. The van der Waals surface area contributed by atoms with Crippen LogP contribution in [-0.4, -0.2) is 15.0 Å². The zero-order valence-electron chi connectivity index (χ0n) is 28.5. The molecule has 11 aromatic rings. The molecule has 3 aromatic heterocycles. The molecular weight excluding hydrogens is 647 g/mol. The molecule has 0 amide bonds. The third kappa shape index (κ3) is 4.80. The van der Waals surface area contributed by atoms with Gasteiger partial charge in [0.1, 0.15) is 11.2 Å². The lowest BCUT2D eigenvalue weighted by Crippen LogP contribution is -1.96. The summed E-state index contributed by atoms with van der Waals surface area (Å²) in [5.41, 5.74) is 10.7. The SMILES string of the molecule is c1ccc(-c2cc(-c3ccc4c(c3)oc3ccccc34)nc(-c3ccc(-c4c5ccc6ccccc6c5nc5c4ccc4ccccc45)cc3)n2)cc1. The highest BCUT2D eigenvalue weighted by Gasteiger charge is 2.17. The number of aromatic nitrogens is 3. The normalized spacial score (nSPS) is 11.8. The monoisotopic (exact) mass is 675 g/mol. The Morgan fingerprint density at radius 1 is 0.321 bits per heavy atom. The first-order valence-corrected chi connectivity index (χ1v) is 17.9. The molecule has 0 unspecified atom stereocenters. The summed E-state index contributed by atoms with van der Waals surface area (Å²) < 4.78 is 6.26.